The molecule has 49 heavy (non-hydrogen) atoms. The van der Waals surface area contributed by atoms with E-state index >= 15 is 0 Å². The lowest BCUT2D eigenvalue weighted by molar-refractivity contribution is -0.143. The van der Waals surface area contributed by atoms with Crippen molar-refractivity contribution >= 4 is 52.2 Å². The summed E-state index contributed by atoms with van der Waals surface area (Å²) in [4.78, 5) is 49.6. The Kier molecular flexibility index (Phi) is 11.0. The minimum atomic E-state index is -4.65. The molecule has 1 aromatic heterocycles. The van der Waals surface area contributed by atoms with E-state index in [1.807, 2.05) is 21.2 Å². The predicted molar refractivity (Wildman–Crippen MR) is 186 cm³/mol. The normalized spacial score (nSPS) is 21.0. The number of piperidine rings is 3. The number of hydrogen-bond acceptors (Lipinski definition) is 6. The maximum atomic E-state index is 14.1. The molecule has 3 fully saturated rings. The zero-order valence-corrected chi connectivity index (χ0v) is 29.7. The highest BCUT2D eigenvalue weighted by Gasteiger charge is 2.38. The molecule has 4 amide bonds. The van der Waals surface area contributed by atoms with Gasteiger partial charge >= 0.3 is 12.2 Å². The van der Waals surface area contributed by atoms with Crippen LogP contribution in [0.4, 0.5) is 29.3 Å². The summed E-state index contributed by atoms with van der Waals surface area (Å²) in [6, 6.07) is 4.26. The topological polar surface area (TPSA) is 88.2 Å². The largest absolute Gasteiger partial charge is 0.418 e. The molecule has 5 heterocycles. The van der Waals surface area contributed by atoms with Gasteiger partial charge in [-0.1, -0.05) is 11.6 Å². The Morgan fingerprint density at radius 3 is 2.27 bits per heavy atom. The van der Waals surface area contributed by atoms with Crippen molar-refractivity contribution in [2.24, 2.45) is 17.8 Å². The number of thiophene rings is 1. The Morgan fingerprint density at radius 2 is 1.63 bits per heavy atom. The van der Waals surface area contributed by atoms with Gasteiger partial charge < -0.3 is 30.2 Å². The molecular formula is C35H46ClF3N6O3S. The number of nitrogens with one attached hydrogen (secondary N) is 2. The third-order valence-corrected chi connectivity index (χ3v) is 12.3. The Balaban J connectivity index is 1.14. The second kappa shape index (κ2) is 15.1. The van der Waals surface area contributed by atoms with E-state index < -0.39 is 17.7 Å². The highest BCUT2D eigenvalue weighted by Crippen LogP contribution is 2.40. The quantitative estimate of drug-likeness (QED) is 0.320. The number of carbonyl (C=O) groups excluding carboxylic acids is 3. The van der Waals surface area contributed by atoms with Crippen molar-refractivity contribution in [2.45, 2.75) is 70.1 Å². The summed E-state index contributed by atoms with van der Waals surface area (Å²) in [6.45, 7) is 4.76. The molecule has 2 N–H and O–H groups in total. The Labute approximate surface area is 295 Å². The number of urea groups is 1. The van der Waals surface area contributed by atoms with Crippen molar-refractivity contribution in [3.63, 3.8) is 0 Å². The van der Waals surface area contributed by atoms with Crippen LogP contribution in [-0.2, 0) is 28.7 Å². The molecule has 4 aliphatic heterocycles. The maximum absolute atomic E-state index is 14.1. The standard InChI is InChI=1S/C35H46ClF3N6O3S/c1-40-32-27(35(37,38)39)18-22(19-28(32)36)17-25(33(47)44-12-5-24(6-13-44)23-3-10-42(2)11-4-23)20-31(46)43-14-7-26(8-15-43)45-21-30-29(9-16-49-30)41-34(45)48/h9,16,18-19,23-26,40H,3-8,10-15,17,20-21H2,1-2H3,(H,41,48)/t25-/m0/s1. The lowest BCUT2D eigenvalue weighted by atomic mass is 9.78. The van der Waals surface area contributed by atoms with Gasteiger partial charge in [-0.05, 0) is 106 Å². The number of fused-ring (bicyclic) bond motifs is 1. The van der Waals surface area contributed by atoms with Gasteiger partial charge in [-0.3, -0.25) is 9.59 Å². The fraction of sp³-hybridized carbons (Fsp3) is 0.629. The number of carbonyl (C=O) groups is 3. The van der Waals surface area contributed by atoms with E-state index in [9.17, 15) is 27.6 Å². The van der Waals surface area contributed by atoms with Crippen LogP contribution in [-0.4, -0.2) is 96.9 Å². The Hall–Kier alpha value is -3.03. The highest BCUT2D eigenvalue weighted by atomic mass is 35.5. The van der Waals surface area contributed by atoms with Gasteiger partial charge in [0.1, 0.15) is 0 Å². The van der Waals surface area contributed by atoms with Gasteiger partial charge in [-0.2, -0.15) is 13.2 Å². The van der Waals surface area contributed by atoms with Crippen LogP contribution >= 0.6 is 22.9 Å². The van der Waals surface area contributed by atoms with Crippen molar-refractivity contribution in [3.8, 4) is 0 Å². The van der Waals surface area contributed by atoms with E-state index in [-0.39, 0.29) is 53.0 Å². The summed E-state index contributed by atoms with van der Waals surface area (Å²) >= 11 is 7.92. The number of likely N-dealkylation sites (tertiary alicyclic amines) is 3. The molecule has 0 spiro atoms. The van der Waals surface area contributed by atoms with Crippen LogP contribution in [0.1, 0.15) is 60.9 Å². The van der Waals surface area contributed by atoms with Crippen LogP contribution < -0.4 is 10.6 Å². The number of rotatable bonds is 8. The molecular weight excluding hydrogens is 677 g/mol. The van der Waals surface area contributed by atoms with E-state index in [1.54, 1.807) is 16.2 Å². The fourth-order valence-electron chi connectivity index (χ4n) is 8.19. The van der Waals surface area contributed by atoms with Crippen LogP contribution in [0.25, 0.3) is 0 Å². The first-order valence-corrected chi connectivity index (χ1v) is 18.6. The van der Waals surface area contributed by atoms with Crippen molar-refractivity contribution in [3.05, 3.63) is 44.6 Å². The van der Waals surface area contributed by atoms with Crippen LogP contribution in [0.2, 0.25) is 5.02 Å². The molecule has 0 bridgehead atoms. The van der Waals surface area contributed by atoms with Gasteiger partial charge in [0, 0.05) is 50.6 Å². The number of benzene rings is 1. The third kappa shape index (κ3) is 8.14. The minimum absolute atomic E-state index is 0.0174. The van der Waals surface area contributed by atoms with Crippen LogP contribution in [0, 0.1) is 17.8 Å². The molecule has 3 saturated heterocycles. The summed E-state index contributed by atoms with van der Waals surface area (Å²) in [5.41, 5.74) is 0.0113. The number of amides is 4. The number of halogens is 4. The maximum Gasteiger partial charge on any atom is 0.418 e. The first kappa shape index (κ1) is 35.8. The molecule has 0 aliphatic carbocycles. The number of nitrogens with zero attached hydrogens (tertiary/aromatic N) is 4. The first-order chi connectivity index (χ1) is 23.4. The average molecular weight is 723 g/mol. The second-order valence-electron chi connectivity index (χ2n) is 14.1. The van der Waals surface area contributed by atoms with E-state index in [2.05, 4.69) is 22.6 Å². The summed E-state index contributed by atoms with van der Waals surface area (Å²) in [7, 11) is 3.53. The summed E-state index contributed by atoms with van der Waals surface area (Å²) in [5, 5.41) is 7.37. The zero-order chi connectivity index (χ0) is 34.9. The van der Waals surface area contributed by atoms with Gasteiger partial charge in [0.25, 0.3) is 0 Å². The van der Waals surface area contributed by atoms with Gasteiger partial charge in [0.05, 0.1) is 34.4 Å². The van der Waals surface area contributed by atoms with Crippen molar-refractivity contribution in [1.29, 1.82) is 0 Å². The van der Waals surface area contributed by atoms with E-state index in [4.69, 9.17) is 11.6 Å². The minimum Gasteiger partial charge on any atom is -0.386 e. The van der Waals surface area contributed by atoms with Gasteiger partial charge in [0.2, 0.25) is 11.8 Å². The smallest absolute Gasteiger partial charge is 0.386 e. The molecule has 2 aromatic rings. The van der Waals surface area contributed by atoms with Gasteiger partial charge in [-0.15, -0.1) is 11.3 Å². The van der Waals surface area contributed by atoms with E-state index in [0.717, 1.165) is 55.4 Å². The monoisotopic (exact) mass is 722 g/mol. The SMILES string of the molecule is CNc1c(Cl)cc(C[C@@H](CC(=O)N2CCC(N3Cc4sccc4NC3=O)CC2)C(=O)N2CCC(C3CCN(C)CC3)CC2)cc1C(F)(F)F. The number of anilines is 2. The first-order valence-electron chi connectivity index (χ1n) is 17.4. The fourth-order valence-corrected chi connectivity index (χ4v) is 9.35. The molecule has 1 aromatic carbocycles. The molecule has 0 radical (unpaired) electrons. The summed E-state index contributed by atoms with van der Waals surface area (Å²) in [5.74, 6) is -0.0202. The van der Waals surface area contributed by atoms with E-state index in [1.165, 1.54) is 13.1 Å². The Morgan fingerprint density at radius 1 is 1.00 bits per heavy atom. The molecule has 1 atom stereocenters. The van der Waals surface area contributed by atoms with Gasteiger partial charge in [-0.25, -0.2) is 4.79 Å². The summed E-state index contributed by atoms with van der Waals surface area (Å²) in [6.07, 6.45) is 0.546. The molecule has 9 nitrogen and oxygen atoms in total. The van der Waals surface area contributed by atoms with Crippen molar-refractivity contribution < 1.29 is 27.6 Å². The van der Waals surface area contributed by atoms with Crippen LogP contribution in [0.3, 0.4) is 0 Å². The molecule has 0 unspecified atom stereocenters. The van der Waals surface area contributed by atoms with Crippen molar-refractivity contribution in [2.75, 3.05) is 64.0 Å². The lowest BCUT2D eigenvalue weighted by Gasteiger charge is -2.41. The second-order valence-corrected chi connectivity index (χ2v) is 15.5. The highest BCUT2D eigenvalue weighted by molar-refractivity contribution is 7.10. The van der Waals surface area contributed by atoms with E-state index in [0.29, 0.717) is 57.4 Å². The zero-order valence-electron chi connectivity index (χ0n) is 28.2. The third-order valence-electron chi connectivity index (χ3n) is 11.1. The van der Waals surface area contributed by atoms with Crippen molar-refractivity contribution in [1.82, 2.24) is 19.6 Å². The molecule has 268 valence electrons. The molecule has 14 heteroatoms. The van der Waals surface area contributed by atoms with Gasteiger partial charge in [0.15, 0.2) is 0 Å². The lowest BCUT2D eigenvalue weighted by Crippen LogP contribution is -2.51. The molecule has 0 saturated carbocycles. The average Bonchev–Trinajstić information content (AvgIpc) is 3.54. The number of hydrogen-bond donors (Lipinski definition) is 2. The molecule has 6 rings (SSSR count). The predicted octanol–water partition coefficient (Wildman–Crippen LogP) is 6.63. The summed E-state index contributed by atoms with van der Waals surface area (Å²) < 4.78 is 42.1. The van der Waals surface area contributed by atoms with Crippen LogP contribution in [0.5, 0.6) is 0 Å². The Bertz CT molecular complexity index is 1510. The number of alkyl halides is 3. The van der Waals surface area contributed by atoms with Crippen LogP contribution in [0.15, 0.2) is 23.6 Å². The molecule has 4 aliphatic rings.